The number of alkyl halides is 3. The van der Waals surface area contributed by atoms with E-state index in [1.807, 2.05) is 22.7 Å². The average Bonchev–Trinajstić information content (AvgIpc) is 3.49. The number of aromatic nitrogens is 4. The van der Waals surface area contributed by atoms with Crippen molar-refractivity contribution < 1.29 is 27.9 Å². The van der Waals surface area contributed by atoms with Crippen LogP contribution in [0.5, 0.6) is 0 Å². The molecule has 1 atom stereocenters. The molecule has 0 spiro atoms. The number of carbonyl (C=O) groups excluding carboxylic acids is 1. The fraction of sp³-hybridized carbons (Fsp3) is 0.292. The minimum Gasteiger partial charge on any atom is -0.475 e. The van der Waals surface area contributed by atoms with E-state index in [1.165, 1.54) is 18.3 Å². The van der Waals surface area contributed by atoms with Gasteiger partial charge in [-0.15, -0.1) is 0 Å². The lowest BCUT2D eigenvalue weighted by molar-refractivity contribution is -0.192. The second-order valence-corrected chi connectivity index (χ2v) is 10.6. The van der Waals surface area contributed by atoms with Crippen LogP contribution in [-0.2, 0) is 4.79 Å². The van der Waals surface area contributed by atoms with Crippen LogP contribution in [0.25, 0.3) is 16.9 Å². The third-order valence-electron chi connectivity index (χ3n) is 5.83. The van der Waals surface area contributed by atoms with Crippen molar-refractivity contribution in [2.75, 3.05) is 29.0 Å². The number of imidazole rings is 1. The Morgan fingerprint density at radius 1 is 1.23 bits per heavy atom. The number of anilines is 3. The number of hydrogen-bond donors (Lipinski definition) is 3. The molecule has 16 heteroatoms. The highest BCUT2D eigenvalue weighted by atomic mass is 35.5. The van der Waals surface area contributed by atoms with Crippen molar-refractivity contribution in [2.24, 2.45) is 0 Å². The smallest absolute Gasteiger partial charge is 0.475 e. The van der Waals surface area contributed by atoms with E-state index < -0.39 is 12.1 Å². The van der Waals surface area contributed by atoms with Gasteiger partial charge in [-0.2, -0.15) is 13.2 Å². The fourth-order valence-corrected chi connectivity index (χ4v) is 5.42. The normalized spacial score (nSPS) is 15.4. The largest absolute Gasteiger partial charge is 0.490 e. The maximum absolute atomic E-state index is 11.7. The molecule has 3 aromatic heterocycles. The van der Waals surface area contributed by atoms with Crippen molar-refractivity contribution in [1.29, 1.82) is 0 Å². The van der Waals surface area contributed by atoms with Gasteiger partial charge in [-0.25, -0.2) is 19.7 Å². The molecule has 0 amide bonds. The Hall–Kier alpha value is -3.62. The van der Waals surface area contributed by atoms with Crippen molar-refractivity contribution in [2.45, 2.75) is 32.0 Å². The molecule has 1 fully saturated rings. The number of hydrogen-bond acceptors (Lipinski definition) is 9. The van der Waals surface area contributed by atoms with Crippen LogP contribution in [0, 0.1) is 0 Å². The Balaban J connectivity index is 0.000000470. The molecule has 0 bridgehead atoms. The molecule has 10 nitrogen and oxygen atoms in total. The number of halogens is 5. The number of benzene rings is 1. The van der Waals surface area contributed by atoms with Crippen LogP contribution in [0.4, 0.5) is 30.1 Å². The third-order valence-corrected chi connectivity index (χ3v) is 7.48. The van der Waals surface area contributed by atoms with Crippen molar-refractivity contribution >= 4 is 68.8 Å². The highest BCUT2D eigenvalue weighted by Gasteiger charge is 2.38. The summed E-state index contributed by atoms with van der Waals surface area (Å²) >= 11 is 13.8. The van der Waals surface area contributed by atoms with E-state index in [2.05, 4.69) is 20.2 Å². The van der Waals surface area contributed by atoms with Crippen LogP contribution in [0.3, 0.4) is 0 Å². The van der Waals surface area contributed by atoms with Gasteiger partial charge in [0.15, 0.2) is 10.9 Å². The van der Waals surface area contributed by atoms with Crippen LogP contribution in [0.2, 0.25) is 10.0 Å². The molecule has 4 aromatic rings. The maximum atomic E-state index is 11.7. The summed E-state index contributed by atoms with van der Waals surface area (Å²) in [5.41, 5.74) is 8.22. The summed E-state index contributed by atoms with van der Waals surface area (Å²) in [5, 5.41) is 12.3. The van der Waals surface area contributed by atoms with Crippen LogP contribution < -0.4 is 16.0 Å². The first-order valence-electron chi connectivity index (χ1n) is 11.7. The highest BCUT2D eigenvalue weighted by molar-refractivity contribution is 7.18. The zero-order valence-electron chi connectivity index (χ0n) is 20.7. The van der Waals surface area contributed by atoms with E-state index in [0.29, 0.717) is 26.6 Å². The van der Waals surface area contributed by atoms with E-state index >= 15 is 0 Å². The number of aliphatic carboxylic acids is 1. The molecule has 212 valence electrons. The summed E-state index contributed by atoms with van der Waals surface area (Å²) in [7, 11) is 0. The Morgan fingerprint density at radius 2 is 1.95 bits per heavy atom. The summed E-state index contributed by atoms with van der Waals surface area (Å²) in [6.45, 7) is 3.07. The lowest BCUT2D eigenvalue weighted by Crippen LogP contribution is -2.43. The number of carboxylic acid groups (broad SMARTS) is 1. The molecule has 1 saturated heterocycles. The minimum absolute atomic E-state index is 0.0762. The predicted molar refractivity (Wildman–Crippen MR) is 148 cm³/mol. The SMILES string of the molecule is CC(=O)c1sc(NC2CCCN(c3nc(-c4ccc(Cl)cc4Cl)cc4nccn34)C2)nc1N.O=C(O)C(F)(F)F. The zero-order valence-corrected chi connectivity index (χ0v) is 23.1. The Morgan fingerprint density at radius 3 is 2.58 bits per heavy atom. The van der Waals surface area contributed by atoms with Gasteiger partial charge in [-0.3, -0.25) is 9.20 Å². The summed E-state index contributed by atoms with van der Waals surface area (Å²) in [4.78, 5) is 37.1. The topological polar surface area (TPSA) is 139 Å². The number of nitrogens with two attached hydrogens (primary N) is 1. The Bertz CT molecular complexity index is 1560. The molecule has 4 N–H and O–H groups in total. The van der Waals surface area contributed by atoms with Gasteiger partial charge in [0.25, 0.3) is 0 Å². The molecule has 0 saturated carbocycles. The number of piperidine rings is 1. The number of carbonyl (C=O) groups is 2. The van der Waals surface area contributed by atoms with Gasteiger partial charge in [0.1, 0.15) is 16.3 Å². The summed E-state index contributed by atoms with van der Waals surface area (Å²) < 4.78 is 33.7. The molecule has 1 aliphatic heterocycles. The van der Waals surface area contributed by atoms with Crippen LogP contribution in [0.1, 0.15) is 29.4 Å². The number of ketones is 1. The number of thiazole rings is 1. The first kappa shape index (κ1) is 29.4. The van der Waals surface area contributed by atoms with E-state index in [1.54, 1.807) is 18.3 Å². The maximum Gasteiger partial charge on any atom is 0.490 e. The third kappa shape index (κ3) is 6.74. The van der Waals surface area contributed by atoms with Crippen LogP contribution in [0.15, 0.2) is 36.7 Å². The zero-order chi connectivity index (χ0) is 29.2. The number of rotatable bonds is 5. The standard InChI is InChI=1S/C22H21Cl2N7OS.C2HF3O2/c1-12(32)19-20(25)29-21(33-19)27-14-3-2-7-30(11-14)22-28-17(10-18-26-6-8-31(18)22)15-5-4-13(23)9-16(15)24;3-2(4,5)1(6)7/h4-6,8-10,14H,2-3,7,11,25H2,1H3,(H,27,29);(H,6,7). The number of fused-ring (bicyclic) bond motifs is 1. The van der Waals surface area contributed by atoms with E-state index in [9.17, 15) is 18.0 Å². The molecular formula is C24H22Cl2F3N7O3S. The lowest BCUT2D eigenvalue weighted by Gasteiger charge is -2.34. The molecule has 4 heterocycles. The van der Waals surface area contributed by atoms with Gasteiger partial charge in [0.05, 0.1) is 10.7 Å². The molecule has 0 aliphatic carbocycles. The minimum atomic E-state index is -5.08. The van der Waals surface area contributed by atoms with Crippen LogP contribution in [-0.4, -0.2) is 61.5 Å². The summed E-state index contributed by atoms with van der Waals surface area (Å²) in [6.07, 6.45) is 0.529. The van der Waals surface area contributed by atoms with Crippen LogP contribution >= 0.6 is 34.5 Å². The highest BCUT2D eigenvalue weighted by Crippen LogP contribution is 2.32. The van der Waals surface area contributed by atoms with Gasteiger partial charge in [-0.05, 0) is 31.0 Å². The van der Waals surface area contributed by atoms with E-state index in [0.717, 1.165) is 42.2 Å². The monoisotopic (exact) mass is 615 g/mol. The molecule has 0 radical (unpaired) electrons. The first-order chi connectivity index (χ1) is 18.8. The second kappa shape index (κ2) is 11.9. The number of Topliss-reactive ketones (excluding diaryl/α,β-unsaturated/α-hetero) is 1. The molecule has 1 aliphatic rings. The number of nitrogens with zero attached hydrogens (tertiary/aromatic N) is 5. The summed E-state index contributed by atoms with van der Waals surface area (Å²) in [6, 6.07) is 7.43. The van der Waals surface area contributed by atoms with Crippen molar-refractivity contribution in [3.05, 3.63) is 51.6 Å². The number of nitrogens with one attached hydrogen (secondary N) is 1. The summed E-state index contributed by atoms with van der Waals surface area (Å²) in [5.74, 6) is -1.77. The Kier molecular flexibility index (Phi) is 8.71. The van der Waals surface area contributed by atoms with E-state index in [4.69, 9.17) is 43.8 Å². The fourth-order valence-electron chi connectivity index (χ4n) is 4.06. The lowest BCUT2D eigenvalue weighted by atomic mass is 10.1. The first-order valence-corrected chi connectivity index (χ1v) is 13.3. The van der Waals surface area contributed by atoms with Gasteiger partial charge >= 0.3 is 12.1 Å². The van der Waals surface area contributed by atoms with Crippen molar-refractivity contribution in [3.63, 3.8) is 0 Å². The Labute approximate surface area is 239 Å². The number of carboxylic acids is 1. The van der Waals surface area contributed by atoms with Gasteiger partial charge < -0.3 is 21.1 Å². The molecule has 1 unspecified atom stereocenters. The second-order valence-electron chi connectivity index (χ2n) is 8.74. The molecule has 40 heavy (non-hydrogen) atoms. The quantitative estimate of drug-likeness (QED) is 0.243. The molecule has 5 rings (SSSR count). The van der Waals surface area contributed by atoms with Gasteiger partial charge in [0, 0.05) is 55.1 Å². The van der Waals surface area contributed by atoms with E-state index in [-0.39, 0.29) is 17.6 Å². The van der Waals surface area contributed by atoms with Gasteiger partial charge in [-0.1, -0.05) is 34.5 Å². The molecular weight excluding hydrogens is 594 g/mol. The number of nitrogen functional groups attached to an aromatic ring is 1. The van der Waals surface area contributed by atoms with Crippen molar-refractivity contribution in [3.8, 4) is 11.3 Å². The van der Waals surface area contributed by atoms with Gasteiger partial charge in [0.2, 0.25) is 5.95 Å². The predicted octanol–water partition coefficient (Wildman–Crippen LogP) is 5.66. The van der Waals surface area contributed by atoms with Crippen molar-refractivity contribution in [1.82, 2.24) is 19.4 Å². The average molecular weight is 616 g/mol. The molecule has 1 aromatic carbocycles.